The SMILES string of the molecule is CCCS(=O)(=O)N1CCC(CNC(=O)c2c(O)cccc2F)(c2ccccc2)CC1. The van der Waals surface area contributed by atoms with E-state index in [9.17, 15) is 22.7 Å². The molecule has 2 N–H and O–H groups in total. The van der Waals surface area contributed by atoms with Crippen molar-refractivity contribution in [1.82, 2.24) is 9.62 Å². The largest absolute Gasteiger partial charge is 0.507 e. The Morgan fingerprint density at radius 2 is 1.80 bits per heavy atom. The number of amides is 1. The van der Waals surface area contributed by atoms with Crippen molar-refractivity contribution in [1.29, 1.82) is 0 Å². The fourth-order valence-electron chi connectivity index (χ4n) is 4.01. The van der Waals surface area contributed by atoms with Gasteiger partial charge in [-0.2, -0.15) is 0 Å². The molecular weight excluding hydrogens is 407 g/mol. The lowest BCUT2D eigenvalue weighted by Gasteiger charge is -2.42. The molecule has 0 spiro atoms. The Morgan fingerprint density at radius 1 is 1.13 bits per heavy atom. The number of benzene rings is 2. The molecular formula is C22H27FN2O4S. The highest BCUT2D eigenvalue weighted by atomic mass is 32.2. The van der Waals surface area contributed by atoms with E-state index in [1.54, 1.807) is 0 Å². The van der Waals surface area contributed by atoms with Gasteiger partial charge in [-0.05, 0) is 37.0 Å². The van der Waals surface area contributed by atoms with Gasteiger partial charge in [0.25, 0.3) is 5.91 Å². The molecule has 1 heterocycles. The normalized spacial score (nSPS) is 16.9. The molecule has 2 aromatic carbocycles. The third kappa shape index (κ3) is 4.65. The van der Waals surface area contributed by atoms with Crippen molar-refractivity contribution >= 4 is 15.9 Å². The standard InChI is InChI=1S/C22H27FN2O4S/c1-2-15-30(28,29)25-13-11-22(12-14-25,17-7-4-3-5-8-17)16-24-21(27)20-18(23)9-6-10-19(20)26/h3-10,26H,2,11-16H2,1H3,(H,24,27). The molecule has 0 saturated carbocycles. The average molecular weight is 435 g/mol. The van der Waals surface area contributed by atoms with Gasteiger partial charge in [0.2, 0.25) is 10.0 Å². The number of aromatic hydroxyl groups is 1. The van der Waals surface area contributed by atoms with Crippen LogP contribution in [0.15, 0.2) is 48.5 Å². The molecule has 0 atom stereocenters. The molecule has 1 amide bonds. The summed E-state index contributed by atoms with van der Waals surface area (Å²) in [6.45, 7) is 2.77. The van der Waals surface area contributed by atoms with Crippen LogP contribution in [0.1, 0.15) is 42.1 Å². The molecule has 0 aliphatic carbocycles. The Hall–Kier alpha value is -2.45. The molecule has 0 radical (unpaired) electrons. The predicted octanol–water partition coefficient (Wildman–Crippen LogP) is 3.03. The number of phenols is 1. The molecule has 0 unspecified atom stereocenters. The molecule has 0 bridgehead atoms. The van der Waals surface area contributed by atoms with Gasteiger partial charge in [0, 0.05) is 25.0 Å². The van der Waals surface area contributed by atoms with Crippen LogP contribution in [0.4, 0.5) is 4.39 Å². The molecule has 30 heavy (non-hydrogen) atoms. The van der Waals surface area contributed by atoms with E-state index in [1.165, 1.54) is 16.4 Å². The van der Waals surface area contributed by atoms with E-state index in [0.717, 1.165) is 11.6 Å². The Bertz CT molecular complexity index is 967. The van der Waals surface area contributed by atoms with Crippen LogP contribution in [0.2, 0.25) is 0 Å². The first-order valence-corrected chi connectivity index (χ1v) is 11.7. The molecule has 6 nitrogen and oxygen atoms in total. The van der Waals surface area contributed by atoms with Crippen LogP contribution in [0.25, 0.3) is 0 Å². The lowest BCUT2D eigenvalue weighted by Crippen LogP contribution is -2.50. The Labute approximate surface area is 176 Å². The monoisotopic (exact) mass is 434 g/mol. The maximum atomic E-state index is 14.0. The Morgan fingerprint density at radius 3 is 2.40 bits per heavy atom. The molecule has 162 valence electrons. The van der Waals surface area contributed by atoms with Gasteiger partial charge in [-0.25, -0.2) is 17.1 Å². The van der Waals surface area contributed by atoms with Crippen LogP contribution < -0.4 is 5.32 Å². The Kier molecular flexibility index (Phi) is 6.77. The lowest BCUT2D eigenvalue weighted by atomic mass is 9.73. The van der Waals surface area contributed by atoms with Crippen LogP contribution >= 0.6 is 0 Å². The summed E-state index contributed by atoms with van der Waals surface area (Å²) in [6, 6.07) is 13.4. The van der Waals surface area contributed by atoms with E-state index in [4.69, 9.17) is 0 Å². The fourth-order valence-corrected chi connectivity index (χ4v) is 5.53. The Balaban J connectivity index is 1.81. The number of hydrogen-bond donors (Lipinski definition) is 2. The molecule has 3 rings (SSSR count). The quantitative estimate of drug-likeness (QED) is 0.701. The number of halogens is 1. The molecule has 1 saturated heterocycles. The van der Waals surface area contributed by atoms with Crippen LogP contribution in [0, 0.1) is 5.82 Å². The highest BCUT2D eigenvalue weighted by Gasteiger charge is 2.39. The second-order valence-corrected chi connectivity index (χ2v) is 9.77. The summed E-state index contributed by atoms with van der Waals surface area (Å²) >= 11 is 0. The zero-order chi connectivity index (χ0) is 21.8. The maximum Gasteiger partial charge on any atom is 0.258 e. The van der Waals surface area contributed by atoms with Crippen LogP contribution in [-0.4, -0.2) is 49.1 Å². The molecule has 0 aromatic heterocycles. The van der Waals surface area contributed by atoms with E-state index < -0.39 is 32.9 Å². The summed E-state index contributed by atoms with van der Waals surface area (Å²) in [4.78, 5) is 12.6. The lowest BCUT2D eigenvalue weighted by molar-refractivity contribution is 0.0926. The number of hydrogen-bond acceptors (Lipinski definition) is 4. The minimum Gasteiger partial charge on any atom is -0.507 e. The van der Waals surface area contributed by atoms with E-state index in [0.29, 0.717) is 32.4 Å². The first kappa shape index (κ1) is 22.2. The van der Waals surface area contributed by atoms with Gasteiger partial charge in [0.1, 0.15) is 17.1 Å². The van der Waals surface area contributed by atoms with Gasteiger partial charge in [-0.1, -0.05) is 43.3 Å². The summed E-state index contributed by atoms with van der Waals surface area (Å²) in [6.07, 6.45) is 1.62. The average Bonchev–Trinajstić information content (AvgIpc) is 2.73. The number of nitrogens with zero attached hydrogens (tertiary/aromatic N) is 1. The summed E-state index contributed by atoms with van der Waals surface area (Å²) in [5, 5.41) is 12.6. The van der Waals surface area contributed by atoms with E-state index in [1.807, 2.05) is 37.3 Å². The second-order valence-electron chi connectivity index (χ2n) is 7.68. The minimum absolute atomic E-state index is 0.120. The number of phenolic OH excluding ortho intramolecular Hbond substituents is 1. The second kappa shape index (κ2) is 9.14. The van der Waals surface area contributed by atoms with Crippen LogP contribution in [0.3, 0.4) is 0 Å². The molecule has 1 aliphatic rings. The van der Waals surface area contributed by atoms with E-state index in [2.05, 4.69) is 5.32 Å². The van der Waals surface area contributed by atoms with E-state index in [-0.39, 0.29) is 17.9 Å². The van der Waals surface area contributed by atoms with Gasteiger partial charge in [-0.15, -0.1) is 0 Å². The van der Waals surface area contributed by atoms with Gasteiger partial charge in [0.15, 0.2) is 0 Å². The minimum atomic E-state index is -3.29. The predicted molar refractivity (Wildman–Crippen MR) is 113 cm³/mol. The first-order chi connectivity index (χ1) is 14.3. The number of nitrogens with one attached hydrogen (secondary N) is 1. The zero-order valence-corrected chi connectivity index (χ0v) is 17.8. The number of carbonyl (C=O) groups is 1. The van der Waals surface area contributed by atoms with Crippen molar-refractivity contribution in [2.24, 2.45) is 0 Å². The van der Waals surface area contributed by atoms with Gasteiger partial charge in [0.05, 0.1) is 5.75 Å². The first-order valence-electron chi connectivity index (χ1n) is 10.1. The smallest absolute Gasteiger partial charge is 0.258 e. The van der Waals surface area contributed by atoms with Crippen molar-refractivity contribution in [3.8, 4) is 5.75 Å². The third-order valence-corrected chi connectivity index (χ3v) is 7.80. The number of piperidine rings is 1. The highest BCUT2D eigenvalue weighted by Crippen LogP contribution is 2.36. The zero-order valence-electron chi connectivity index (χ0n) is 17.0. The molecule has 8 heteroatoms. The highest BCUT2D eigenvalue weighted by molar-refractivity contribution is 7.89. The van der Waals surface area contributed by atoms with Crippen molar-refractivity contribution in [2.45, 2.75) is 31.6 Å². The topological polar surface area (TPSA) is 86.7 Å². The molecule has 2 aromatic rings. The molecule has 1 aliphatic heterocycles. The fraction of sp³-hybridized carbons (Fsp3) is 0.409. The van der Waals surface area contributed by atoms with Gasteiger partial charge >= 0.3 is 0 Å². The van der Waals surface area contributed by atoms with Gasteiger partial charge in [-0.3, -0.25) is 4.79 Å². The van der Waals surface area contributed by atoms with E-state index >= 15 is 0 Å². The number of carbonyl (C=O) groups excluding carboxylic acids is 1. The van der Waals surface area contributed by atoms with Crippen molar-refractivity contribution in [2.75, 3.05) is 25.4 Å². The number of sulfonamides is 1. The summed E-state index contributed by atoms with van der Waals surface area (Å²) in [5.74, 6) is -1.78. The molecule has 1 fully saturated rings. The summed E-state index contributed by atoms with van der Waals surface area (Å²) in [7, 11) is -3.29. The van der Waals surface area contributed by atoms with Crippen LogP contribution in [0.5, 0.6) is 5.75 Å². The van der Waals surface area contributed by atoms with Crippen molar-refractivity contribution in [3.63, 3.8) is 0 Å². The van der Waals surface area contributed by atoms with Gasteiger partial charge < -0.3 is 10.4 Å². The maximum absolute atomic E-state index is 14.0. The summed E-state index contributed by atoms with van der Waals surface area (Å²) < 4.78 is 40.5. The number of rotatable bonds is 7. The van der Waals surface area contributed by atoms with Crippen molar-refractivity contribution in [3.05, 3.63) is 65.5 Å². The summed E-state index contributed by atoms with van der Waals surface area (Å²) in [5.41, 5.74) is 0.134. The third-order valence-electron chi connectivity index (χ3n) is 5.73. The van der Waals surface area contributed by atoms with Crippen LogP contribution in [-0.2, 0) is 15.4 Å². The van der Waals surface area contributed by atoms with Crippen molar-refractivity contribution < 1.29 is 22.7 Å².